The van der Waals surface area contributed by atoms with Gasteiger partial charge in [-0.1, -0.05) is 12.1 Å². The van der Waals surface area contributed by atoms with Crippen LogP contribution in [0.2, 0.25) is 0 Å². The van der Waals surface area contributed by atoms with E-state index in [0.29, 0.717) is 0 Å². The van der Waals surface area contributed by atoms with E-state index in [2.05, 4.69) is 34.0 Å². The number of pyridine rings is 1. The van der Waals surface area contributed by atoms with Gasteiger partial charge in [-0.25, -0.2) is 0 Å². The van der Waals surface area contributed by atoms with E-state index in [4.69, 9.17) is 5.26 Å². The molecule has 5 heteroatoms. The Kier molecular flexibility index (Phi) is 3.94. The largest absolute Gasteiger partial charge is 0.369 e. The highest BCUT2D eigenvalue weighted by Crippen LogP contribution is 2.23. The highest BCUT2D eigenvalue weighted by molar-refractivity contribution is 5.66. The van der Waals surface area contributed by atoms with Gasteiger partial charge < -0.3 is 14.8 Å². The van der Waals surface area contributed by atoms with Crippen LogP contribution in [0.4, 0.5) is 5.69 Å². The summed E-state index contributed by atoms with van der Waals surface area (Å²) in [5.74, 6) is 0. The van der Waals surface area contributed by atoms with Gasteiger partial charge >= 0.3 is 0 Å². The molecule has 1 saturated heterocycles. The second kappa shape index (κ2) is 6.04. The van der Waals surface area contributed by atoms with E-state index < -0.39 is 0 Å². The topological polar surface area (TPSA) is 63.1 Å². The van der Waals surface area contributed by atoms with Crippen LogP contribution in [-0.2, 0) is 0 Å². The Labute approximate surface area is 129 Å². The summed E-state index contributed by atoms with van der Waals surface area (Å²) >= 11 is 0. The molecule has 0 unspecified atom stereocenters. The maximum absolute atomic E-state index is 11.8. The van der Waals surface area contributed by atoms with Gasteiger partial charge in [0.05, 0.1) is 0 Å². The third-order valence-electron chi connectivity index (χ3n) is 4.06. The second-order valence-corrected chi connectivity index (χ2v) is 5.57. The summed E-state index contributed by atoms with van der Waals surface area (Å²) in [6, 6.07) is 13.4. The number of aromatic amines is 1. The molecule has 0 amide bonds. The molecule has 1 aliphatic heterocycles. The van der Waals surface area contributed by atoms with Crippen molar-refractivity contribution in [2.45, 2.75) is 0 Å². The fourth-order valence-electron chi connectivity index (χ4n) is 2.66. The van der Waals surface area contributed by atoms with Crippen molar-refractivity contribution >= 4 is 5.69 Å². The highest BCUT2D eigenvalue weighted by Gasteiger charge is 2.14. The molecule has 1 fully saturated rings. The van der Waals surface area contributed by atoms with Crippen molar-refractivity contribution in [3.63, 3.8) is 0 Å². The van der Waals surface area contributed by atoms with Gasteiger partial charge in [-0.3, -0.25) is 4.79 Å². The molecule has 1 aromatic heterocycles. The fraction of sp³-hybridized carbons (Fsp3) is 0.294. The lowest BCUT2D eigenvalue weighted by Gasteiger charge is -2.34. The third-order valence-corrected chi connectivity index (χ3v) is 4.06. The van der Waals surface area contributed by atoms with Crippen LogP contribution >= 0.6 is 0 Å². The molecule has 2 heterocycles. The van der Waals surface area contributed by atoms with Gasteiger partial charge in [0, 0.05) is 43.1 Å². The number of nitrogens with zero attached hydrogens (tertiary/aromatic N) is 3. The third kappa shape index (κ3) is 2.87. The molecule has 112 valence electrons. The maximum atomic E-state index is 11.8. The molecule has 1 N–H and O–H groups in total. The van der Waals surface area contributed by atoms with Gasteiger partial charge in [-0.2, -0.15) is 5.26 Å². The van der Waals surface area contributed by atoms with Crippen molar-refractivity contribution in [3.8, 4) is 17.3 Å². The first kappa shape index (κ1) is 14.4. The maximum Gasteiger partial charge on any atom is 0.266 e. The summed E-state index contributed by atoms with van der Waals surface area (Å²) in [5.41, 5.74) is 2.65. The Morgan fingerprint density at radius 3 is 2.59 bits per heavy atom. The minimum atomic E-state index is -0.343. The molecule has 0 saturated carbocycles. The van der Waals surface area contributed by atoms with Gasteiger partial charge in [0.15, 0.2) is 0 Å². The van der Waals surface area contributed by atoms with Crippen LogP contribution in [0, 0.1) is 11.3 Å². The number of piperazine rings is 1. The Hall–Kier alpha value is -2.58. The normalized spacial score (nSPS) is 15.5. The minimum Gasteiger partial charge on any atom is -0.369 e. The van der Waals surface area contributed by atoms with Crippen molar-refractivity contribution in [2.24, 2.45) is 0 Å². The number of benzene rings is 1. The lowest BCUT2D eigenvalue weighted by Crippen LogP contribution is -2.44. The number of hydrogen-bond acceptors (Lipinski definition) is 4. The molecule has 0 spiro atoms. The number of nitrogens with one attached hydrogen (secondary N) is 1. The molecule has 0 atom stereocenters. The quantitative estimate of drug-likeness (QED) is 0.915. The molecular formula is C17H18N4O. The van der Waals surface area contributed by atoms with Crippen LogP contribution in [0.25, 0.3) is 11.3 Å². The van der Waals surface area contributed by atoms with Gasteiger partial charge in [-0.05, 0) is 31.3 Å². The summed E-state index contributed by atoms with van der Waals surface area (Å²) < 4.78 is 0. The molecular weight excluding hydrogens is 276 g/mol. The predicted octanol–water partition coefficient (Wildman–Crippen LogP) is 1.67. The van der Waals surface area contributed by atoms with E-state index in [1.165, 1.54) is 0 Å². The van der Waals surface area contributed by atoms with Gasteiger partial charge in [0.2, 0.25) is 0 Å². The molecule has 3 rings (SSSR count). The summed E-state index contributed by atoms with van der Waals surface area (Å²) in [6.07, 6.45) is 0. The molecule has 22 heavy (non-hydrogen) atoms. The van der Waals surface area contributed by atoms with Gasteiger partial charge in [0.25, 0.3) is 5.56 Å². The Morgan fingerprint density at radius 1 is 1.14 bits per heavy atom. The summed E-state index contributed by atoms with van der Waals surface area (Å²) in [7, 11) is 2.13. The van der Waals surface area contributed by atoms with Crippen LogP contribution in [-0.4, -0.2) is 43.1 Å². The Morgan fingerprint density at radius 2 is 1.91 bits per heavy atom. The van der Waals surface area contributed by atoms with E-state index in [9.17, 15) is 4.79 Å². The Bertz CT molecular complexity index is 767. The zero-order valence-electron chi connectivity index (χ0n) is 12.5. The summed E-state index contributed by atoms with van der Waals surface area (Å²) in [4.78, 5) is 19.2. The number of hydrogen-bond donors (Lipinski definition) is 1. The first-order chi connectivity index (χ1) is 10.7. The van der Waals surface area contributed by atoms with Crippen molar-refractivity contribution in [1.29, 1.82) is 5.26 Å². The van der Waals surface area contributed by atoms with Crippen LogP contribution in [0.5, 0.6) is 0 Å². The standard InChI is InChI=1S/C17H18N4O/c1-20-7-9-21(10-8-20)15-4-2-3-13(11-15)16-6-5-14(12-18)17(22)19-16/h2-6,11H,7-10H2,1H3,(H,19,22). The molecule has 0 aliphatic carbocycles. The number of rotatable bonds is 2. The monoisotopic (exact) mass is 294 g/mol. The van der Waals surface area contributed by atoms with Crippen molar-refractivity contribution in [3.05, 3.63) is 52.3 Å². The number of nitriles is 1. The SMILES string of the molecule is CN1CCN(c2cccc(-c3ccc(C#N)c(=O)[nH]3)c2)CC1. The fourth-order valence-corrected chi connectivity index (χ4v) is 2.66. The number of likely N-dealkylation sites (N-methyl/N-ethyl adjacent to an activating group) is 1. The van der Waals surface area contributed by atoms with Crippen LogP contribution < -0.4 is 10.5 Å². The van der Waals surface area contributed by atoms with Crippen molar-refractivity contribution in [1.82, 2.24) is 9.88 Å². The molecule has 0 bridgehead atoms. The molecule has 0 radical (unpaired) electrons. The summed E-state index contributed by atoms with van der Waals surface area (Å²) in [6.45, 7) is 4.11. The second-order valence-electron chi connectivity index (χ2n) is 5.57. The number of H-pyrrole nitrogens is 1. The molecule has 5 nitrogen and oxygen atoms in total. The predicted molar refractivity (Wildman–Crippen MR) is 86.9 cm³/mol. The van der Waals surface area contributed by atoms with Crippen LogP contribution in [0.15, 0.2) is 41.2 Å². The van der Waals surface area contributed by atoms with Crippen molar-refractivity contribution < 1.29 is 0 Å². The van der Waals surface area contributed by atoms with E-state index in [1.807, 2.05) is 18.2 Å². The van der Waals surface area contributed by atoms with E-state index in [1.54, 1.807) is 12.1 Å². The number of anilines is 1. The first-order valence-electron chi connectivity index (χ1n) is 7.35. The average molecular weight is 294 g/mol. The lowest BCUT2D eigenvalue weighted by atomic mass is 10.1. The van der Waals surface area contributed by atoms with E-state index in [-0.39, 0.29) is 11.1 Å². The van der Waals surface area contributed by atoms with Crippen LogP contribution in [0.1, 0.15) is 5.56 Å². The smallest absolute Gasteiger partial charge is 0.266 e. The highest BCUT2D eigenvalue weighted by atomic mass is 16.1. The first-order valence-corrected chi connectivity index (χ1v) is 7.35. The number of aromatic nitrogens is 1. The van der Waals surface area contributed by atoms with Crippen molar-refractivity contribution in [2.75, 3.05) is 38.1 Å². The minimum absolute atomic E-state index is 0.138. The molecule has 1 aliphatic rings. The van der Waals surface area contributed by atoms with E-state index >= 15 is 0 Å². The van der Waals surface area contributed by atoms with Gasteiger partial charge in [0.1, 0.15) is 11.6 Å². The zero-order valence-corrected chi connectivity index (χ0v) is 12.5. The zero-order chi connectivity index (χ0) is 15.5. The summed E-state index contributed by atoms with van der Waals surface area (Å²) in [5, 5.41) is 8.83. The average Bonchev–Trinajstić information content (AvgIpc) is 2.55. The lowest BCUT2D eigenvalue weighted by molar-refractivity contribution is 0.313. The van der Waals surface area contributed by atoms with E-state index in [0.717, 1.165) is 43.1 Å². The van der Waals surface area contributed by atoms with Crippen LogP contribution in [0.3, 0.4) is 0 Å². The molecule has 2 aromatic rings. The van der Waals surface area contributed by atoms with Gasteiger partial charge in [-0.15, -0.1) is 0 Å². The molecule has 1 aromatic carbocycles. The Balaban J connectivity index is 1.90.